The van der Waals surface area contributed by atoms with Crippen LogP contribution in [0.5, 0.6) is 0 Å². The Balaban J connectivity index is 1.77. The van der Waals surface area contributed by atoms with Crippen molar-refractivity contribution in [2.75, 3.05) is 0 Å². The molecule has 124 valence electrons. The average Bonchev–Trinajstić information content (AvgIpc) is 2.87. The molecule has 0 fully saturated rings. The molecule has 2 aromatic rings. The van der Waals surface area contributed by atoms with Crippen LogP contribution in [0.4, 0.5) is 5.69 Å². The van der Waals surface area contributed by atoms with E-state index in [1.54, 1.807) is 31.2 Å². The number of hydrogen-bond acceptors (Lipinski definition) is 6. The van der Waals surface area contributed by atoms with E-state index >= 15 is 0 Å². The summed E-state index contributed by atoms with van der Waals surface area (Å²) in [4.78, 5) is 34.8. The molecule has 0 saturated heterocycles. The smallest absolute Gasteiger partial charge is 0.269 e. The van der Waals surface area contributed by atoms with Gasteiger partial charge in [-0.3, -0.25) is 19.7 Å². The zero-order valence-electron chi connectivity index (χ0n) is 13.2. The molecule has 0 amide bonds. The lowest BCUT2D eigenvalue weighted by atomic mass is 9.99. The van der Waals surface area contributed by atoms with E-state index in [0.717, 1.165) is 0 Å². The van der Waals surface area contributed by atoms with Crippen molar-refractivity contribution < 1.29 is 14.5 Å². The third-order valence-electron chi connectivity index (χ3n) is 3.93. The van der Waals surface area contributed by atoms with E-state index in [1.165, 1.54) is 30.5 Å². The van der Waals surface area contributed by atoms with Gasteiger partial charge in [0.1, 0.15) is 5.92 Å². The van der Waals surface area contributed by atoms with Gasteiger partial charge in [0.05, 0.1) is 16.8 Å². The van der Waals surface area contributed by atoms with Crippen LogP contribution in [0.25, 0.3) is 0 Å². The Labute approximate surface area is 142 Å². The Morgan fingerprint density at radius 2 is 1.60 bits per heavy atom. The summed E-state index contributed by atoms with van der Waals surface area (Å²) in [6.45, 7) is 1.58. The van der Waals surface area contributed by atoms with Gasteiger partial charge in [0, 0.05) is 23.3 Å². The number of nitrogens with zero attached hydrogens (tertiary/aromatic N) is 3. The van der Waals surface area contributed by atoms with E-state index in [1.807, 2.05) is 0 Å². The van der Waals surface area contributed by atoms with E-state index in [-0.39, 0.29) is 17.3 Å². The fraction of sp³-hybridized carbons (Fsp3) is 0.111. The van der Waals surface area contributed by atoms with Crippen molar-refractivity contribution in [3.05, 3.63) is 75.3 Å². The van der Waals surface area contributed by atoms with Crippen LogP contribution in [0.15, 0.2) is 58.7 Å². The second-order valence-electron chi connectivity index (χ2n) is 5.54. The molecule has 0 aromatic heterocycles. The number of carbonyl (C=O) groups is 2. The molecule has 0 bridgehead atoms. The topological polar surface area (TPSA) is 102 Å². The number of nitro benzene ring substituents is 1. The van der Waals surface area contributed by atoms with Crippen molar-refractivity contribution in [3.8, 4) is 0 Å². The quantitative estimate of drug-likeness (QED) is 0.371. The predicted molar refractivity (Wildman–Crippen MR) is 92.4 cm³/mol. The van der Waals surface area contributed by atoms with Gasteiger partial charge in [0.2, 0.25) is 0 Å². The number of Topliss-reactive ketones (excluding diaryl/α,β-unsaturated/α-hetero) is 2. The second-order valence-corrected chi connectivity index (χ2v) is 5.54. The number of non-ortho nitro benzene ring substituents is 1. The van der Waals surface area contributed by atoms with Gasteiger partial charge >= 0.3 is 0 Å². The maximum atomic E-state index is 12.4. The molecule has 1 aliphatic rings. The fourth-order valence-corrected chi connectivity index (χ4v) is 2.65. The van der Waals surface area contributed by atoms with E-state index in [2.05, 4.69) is 10.2 Å². The van der Waals surface area contributed by atoms with E-state index in [9.17, 15) is 19.7 Å². The molecule has 0 N–H and O–H groups in total. The van der Waals surface area contributed by atoms with Gasteiger partial charge in [-0.15, -0.1) is 0 Å². The summed E-state index contributed by atoms with van der Waals surface area (Å²) in [5.41, 5.74) is 1.73. The number of hydrogen-bond donors (Lipinski definition) is 0. The maximum Gasteiger partial charge on any atom is 0.269 e. The minimum Gasteiger partial charge on any atom is -0.293 e. The molecule has 0 radical (unpaired) electrons. The molecule has 25 heavy (non-hydrogen) atoms. The molecular weight excluding hydrogens is 322 g/mol. The molecule has 1 aliphatic carbocycles. The van der Waals surface area contributed by atoms with Crippen LogP contribution >= 0.6 is 0 Å². The molecule has 7 heteroatoms. The zero-order valence-corrected chi connectivity index (χ0v) is 13.2. The van der Waals surface area contributed by atoms with Crippen molar-refractivity contribution in [2.45, 2.75) is 6.92 Å². The monoisotopic (exact) mass is 335 g/mol. The summed E-state index contributed by atoms with van der Waals surface area (Å²) in [5.74, 6) is -1.48. The number of benzene rings is 2. The number of carbonyl (C=O) groups excluding carboxylic acids is 2. The lowest BCUT2D eigenvalue weighted by Crippen LogP contribution is -2.23. The normalized spacial score (nSPS) is 15.0. The van der Waals surface area contributed by atoms with Gasteiger partial charge in [-0.1, -0.05) is 24.3 Å². The Morgan fingerprint density at radius 3 is 2.12 bits per heavy atom. The molecule has 0 heterocycles. The Kier molecular flexibility index (Phi) is 4.30. The van der Waals surface area contributed by atoms with E-state index in [0.29, 0.717) is 22.4 Å². The van der Waals surface area contributed by atoms with Gasteiger partial charge in [-0.25, -0.2) is 0 Å². The van der Waals surface area contributed by atoms with Crippen LogP contribution in [-0.4, -0.2) is 28.4 Å². The maximum absolute atomic E-state index is 12.4. The third-order valence-corrected chi connectivity index (χ3v) is 3.93. The first-order valence-corrected chi connectivity index (χ1v) is 7.48. The van der Waals surface area contributed by atoms with Crippen molar-refractivity contribution in [1.29, 1.82) is 0 Å². The fourth-order valence-electron chi connectivity index (χ4n) is 2.65. The summed E-state index contributed by atoms with van der Waals surface area (Å²) < 4.78 is 0. The Hall–Kier alpha value is -3.48. The van der Waals surface area contributed by atoms with Crippen LogP contribution in [0.3, 0.4) is 0 Å². The van der Waals surface area contributed by atoms with E-state index in [4.69, 9.17) is 0 Å². The van der Waals surface area contributed by atoms with Crippen LogP contribution in [-0.2, 0) is 0 Å². The van der Waals surface area contributed by atoms with Gasteiger partial charge in [-0.2, -0.15) is 10.2 Å². The van der Waals surface area contributed by atoms with Crippen LogP contribution in [0.2, 0.25) is 0 Å². The van der Waals surface area contributed by atoms with Gasteiger partial charge < -0.3 is 0 Å². The summed E-state index contributed by atoms with van der Waals surface area (Å²) in [6.07, 6.45) is 1.41. The summed E-state index contributed by atoms with van der Waals surface area (Å²) in [6, 6.07) is 12.5. The number of ketones is 2. The molecule has 0 saturated carbocycles. The number of rotatable bonds is 4. The van der Waals surface area contributed by atoms with Crippen LogP contribution in [0, 0.1) is 16.0 Å². The third kappa shape index (κ3) is 3.12. The second kappa shape index (κ2) is 6.56. The minimum atomic E-state index is -0.939. The first-order chi connectivity index (χ1) is 12.0. The van der Waals surface area contributed by atoms with Gasteiger partial charge in [0.25, 0.3) is 5.69 Å². The lowest BCUT2D eigenvalue weighted by Gasteiger charge is -2.03. The molecular formula is C18H13N3O4. The summed E-state index contributed by atoms with van der Waals surface area (Å²) in [7, 11) is 0. The molecule has 0 spiro atoms. The molecule has 0 atom stereocenters. The predicted octanol–water partition coefficient (Wildman–Crippen LogP) is 3.09. The van der Waals surface area contributed by atoms with Crippen molar-refractivity contribution in [2.24, 2.45) is 16.1 Å². The largest absolute Gasteiger partial charge is 0.293 e. The SMILES string of the molecule is C/C(=N/N=C\c1ccc([N+](=O)[O-])cc1)C1C(=O)c2ccccc2C1=O. The lowest BCUT2D eigenvalue weighted by molar-refractivity contribution is -0.384. The van der Waals surface area contributed by atoms with Crippen molar-refractivity contribution in [3.63, 3.8) is 0 Å². The zero-order chi connectivity index (χ0) is 18.0. The highest BCUT2D eigenvalue weighted by atomic mass is 16.6. The average molecular weight is 335 g/mol. The number of nitro groups is 1. The highest BCUT2D eigenvalue weighted by Crippen LogP contribution is 2.27. The van der Waals surface area contributed by atoms with Crippen LogP contribution in [0.1, 0.15) is 33.2 Å². The van der Waals surface area contributed by atoms with Crippen molar-refractivity contribution in [1.82, 2.24) is 0 Å². The summed E-state index contributed by atoms with van der Waals surface area (Å²) >= 11 is 0. The molecule has 2 aromatic carbocycles. The first kappa shape index (κ1) is 16.4. The van der Waals surface area contributed by atoms with Gasteiger partial charge in [-0.05, 0) is 24.6 Å². The minimum absolute atomic E-state index is 0.0169. The molecule has 7 nitrogen and oxygen atoms in total. The van der Waals surface area contributed by atoms with Gasteiger partial charge in [0.15, 0.2) is 11.6 Å². The molecule has 0 unspecified atom stereocenters. The van der Waals surface area contributed by atoms with Crippen molar-refractivity contribution >= 4 is 29.2 Å². The standard InChI is InChI=1S/C18H13N3O4/c1-11(16-17(22)14-4-2-3-5-15(14)18(16)23)20-19-10-12-6-8-13(9-7-12)21(24)25/h2-10,16H,1H3/b19-10-,20-11-. The Morgan fingerprint density at radius 1 is 1.04 bits per heavy atom. The molecule has 0 aliphatic heterocycles. The Bertz CT molecular complexity index is 895. The molecule has 3 rings (SSSR count). The number of fused-ring (bicyclic) bond motifs is 1. The highest BCUT2D eigenvalue weighted by Gasteiger charge is 2.40. The first-order valence-electron chi connectivity index (χ1n) is 7.48. The van der Waals surface area contributed by atoms with Crippen LogP contribution < -0.4 is 0 Å². The summed E-state index contributed by atoms with van der Waals surface area (Å²) in [5, 5.41) is 18.4. The highest BCUT2D eigenvalue weighted by molar-refractivity contribution is 6.36. The van der Waals surface area contributed by atoms with E-state index < -0.39 is 10.8 Å².